The molecular formula is C26H32F2N6S. The SMILES string of the molecule is Cc1cccc(N(Cc2ccc(C3=NN=C(C(F)F)C3)cn2)SN2CCN(C3CCC3)C(C)C2)c1. The quantitative estimate of drug-likeness (QED) is 0.460. The zero-order chi connectivity index (χ0) is 24.4. The molecule has 6 nitrogen and oxygen atoms in total. The minimum atomic E-state index is -2.57. The molecule has 1 aliphatic carbocycles. The van der Waals surface area contributed by atoms with Crippen LogP contribution >= 0.6 is 12.1 Å². The molecule has 3 heterocycles. The Morgan fingerprint density at radius 2 is 2.00 bits per heavy atom. The summed E-state index contributed by atoms with van der Waals surface area (Å²) in [6.45, 7) is 8.26. The second kappa shape index (κ2) is 10.7. The molecule has 1 aromatic heterocycles. The van der Waals surface area contributed by atoms with E-state index in [0.29, 0.717) is 18.3 Å². The number of aryl methyl sites for hydroxylation is 1. The number of hydrogen-bond donors (Lipinski definition) is 0. The van der Waals surface area contributed by atoms with Gasteiger partial charge in [0.05, 0.1) is 18.0 Å². The van der Waals surface area contributed by atoms with E-state index in [-0.39, 0.29) is 12.1 Å². The van der Waals surface area contributed by atoms with E-state index in [1.165, 1.54) is 24.8 Å². The minimum Gasteiger partial charge on any atom is -0.297 e. The third-order valence-electron chi connectivity index (χ3n) is 7.05. The average molecular weight is 499 g/mol. The van der Waals surface area contributed by atoms with Gasteiger partial charge in [-0.1, -0.05) is 18.6 Å². The molecule has 2 fully saturated rings. The van der Waals surface area contributed by atoms with Crippen LogP contribution in [0.4, 0.5) is 14.5 Å². The van der Waals surface area contributed by atoms with Gasteiger partial charge in [0.25, 0.3) is 6.43 Å². The van der Waals surface area contributed by atoms with Gasteiger partial charge in [0.15, 0.2) is 0 Å². The molecule has 35 heavy (non-hydrogen) atoms. The van der Waals surface area contributed by atoms with Gasteiger partial charge in [-0.25, -0.2) is 13.1 Å². The standard InChI is InChI=1S/C26H32F2N6S/c1-18-5-3-8-23(13-18)34(35-32-11-12-33(19(2)16-32)22-6-4-7-22)17-21-10-9-20(15-29-21)24-14-25(26(27)28)31-30-24/h3,5,8-10,13,15,19,22,26H,4,6-7,11-12,14,16-17H2,1-2H3. The fourth-order valence-corrected chi connectivity index (χ4v) is 5.97. The van der Waals surface area contributed by atoms with Crippen molar-refractivity contribution in [2.24, 2.45) is 10.2 Å². The monoisotopic (exact) mass is 498 g/mol. The average Bonchev–Trinajstić information content (AvgIpc) is 3.30. The summed E-state index contributed by atoms with van der Waals surface area (Å²) in [6.07, 6.45) is 3.29. The lowest BCUT2D eigenvalue weighted by Gasteiger charge is -2.47. The van der Waals surface area contributed by atoms with E-state index in [4.69, 9.17) is 0 Å². The summed E-state index contributed by atoms with van der Waals surface area (Å²) in [5.41, 5.74) is 4.38. The normalized spacial score (nSPS) is 21.7. The van der Waals surface area contributed by atoms with Gasteiger partial charge in [-0.3, -0.25) is 14.2 Å². The van der Waals surface area contributed by atoms with Crippen LogP contribution in [0.15, 0.2) is 52.8 Å². The smallest absolute Gasteiger partial charge is 0.278 e. The van der Waals surface area contributed by atoms with E-state index in [1.807, 2.05) is 12.1 Å². The Kier molecular flexibility index (Phi) is 7.45. The molecule has 186 valence electrons. The molecule has 0 amide bonds. The van der Waals surface area contributed by atoms with Crippen LogP contribution < -0.4 is 4.31 Å². The Labute approximate surface area is 210 Å². The molecule has 3 aliphatic rings. The van der Waals surface area contributed by atoms with Gasteiger partial charge in [0, 0.05) is 67.7 Å². The van der Waals surface area contributed by atoms with Crippen molar-refractivity contribution in [1.29, 1.82) is 0 Å². The largest absolute Gasteiger partial charge is 0.297 e. The molecule has 9 heteroatoms. The molecule has 5 rings (SSSR count). The first kappa shape index (κ1) is 24.3. The van der Waals surface area contributed by atoms with E-state index in [9.17, 15) is 8.78 Å². The Morgan fingerprint density at radius 3 is 2.63 bits per heavy atom. The van der Waals surface area contributed by atoms with Crippen molar-refractivity contribution in [3.05, 3.63) is 59.4 Å². The van der Waals surface area contributed by atoms with Gasteiger partial charge in [-0.05, 0) is 56.5 Å². The Morgan fingerprint density at radius 1 is 1.14 bits per heavy atom. The van der Waals surface area contributed by atoms with Crippen molar-refractivity contribution in [3.8, 4) is 0 Å². The zero-order valence-electron chi connectivity index (χ0n) is 20.3. The van der Waals surface area contributed by atoms with Crippen LogP contribution in [0, 0.1) is 6.92 Å². The maximum atomic E-state index is 12.9. The van der Waals surface area contributed by atoms with Gasteiger partial charge >= 0.3 is 0 Å². The van der Waals surface area contributed by atoms with Crippen molar-refractivity contribution < 1.29 is 8.78 Å². The Bertz CT molecular complexity index is 1090. The number of hydrogen-bond acceptors (Lipinski definition) is 7. The van der Waals surface area contributed by atoms with Crippen molar-refractivity contribution in [1.82, 2.24) is 14.2 Å². The highest BCUT2D eigenvalue weighted by Gasteiger charge is 2.33. The number of alkyl halides is 2. The highest BCUT2D eigenvalue weighted by molar-refractivity contribution is 7.98. The summed E-state index contributed by atoms with van der Waals surface area (Å²) >= 11 is 1.77. The maximum Gasteiger partial charge on any atom is 0.278 e. The molecule has 1 atom stereocenters. The van der Waals surface area contributed by atoms with Crippen LogP contribution in [0.5, 0.6) is 0 Å². The van der Waals surface area contributed by atoms with Crippen LogP contribution in [0.1, 0.15) is 49.4 Å². The molecule has 1 aromatic carbocycles. The number of halogens is 2. The number of piperazine rings is 1. The van der Waals surface area contributed by atoms with Crippen molar-refractivity contribution in [2.75, 3.05) is 23.9 Å². The van der Waals surface area contributed by atoms with Crippen LogP contribution in [0.3, 0.4) is 0 Å². The lowest BCUT2D eigenvalue weighted by Crippen LogP contribution is -2.55. The van der Waals surface area contributed by atoms with E-state index in [1.54, 1.807) is 18.3 Å². The fourth-order valence-electron chi connectivity index (χ4n) is 4.85. The van der Waals surface area contributed by atoms with Crippen molar-refractivity contribution >= 4 is 29.2 Å². The van der Waals surface area contributed by atoms with E-state index >= 15 is 0 Å². The fraction of sp³-hybridized carbons (Fsp3) is 0.500. The predicted molar refractivity (Wildman–Crippen MR) is 139 cm³/mol. The summed E-state index contributed by atoms with van der Waals surface area (Å²) in [5.74, 6) is 0. The first-order chi connectivity index (χ1) is 17.0. The van der Waals surface area contributed by atoms with E-state index in [2.05, 4.69) is 66.8 Å². The number of rotatable bonds is 8. The van der Waals surface area contributed by atoms with Crippen LogP contribution in [-0.2, 0) is 6.54 Å². The molecule has 0 radical (unpaired) electrons. The van der Waals surface area contributed by atoms with E-state index < -0.39 is 6.43 Å². The number of aromatic nitrogens is 1. The van der Waals surface area contributed by atoms with Gasteiger partial charge in [0.1, 0.15) is 5.71 Å². The van der Waals surface area contributed by atoms with E-state index in [0.717, 1.165) is 42.6 Å². The summed E-state index contributed by atoms with van der Waals surface area (Å²) < 4.78 is 30.5. The number of benzene rings is 1. The molecule has 1 saturated heterocycles. The molecule has 2 aliphatic heterocycles. The third-order valence-corrected chi connectivity index (χ3v) is 8.15. The number of nitrogens with zero attached hydrogens (tertiary/aromatic N) is 6. The molecule has 0 spiro atoms. The van der Waals surface area contributed by atoms with Crippen molar-refractivity contribution in [3.63, 3.8) is 0 Å². The van der Waals surface area contributed by atoms with Gasteiger partial charge in [-0.15, -0.1) is 0 Å². The molecule has 2 aromatic rings. The summed E-state index contributed by atoms with van der Waals surface area (Å²) in [6, 6.07) is 13.7. The van der Waals surface area contributed by atoms with Crippen molar-refractivity contribution in [2.45, 2.75) is 64.6 Å². The van der Waals surface area contributed by atoms with Crippen LogP contribution in [0.2, 0.25) is 0 Å². The topological polar surface area (TPSA) is 47.3 Å². The lowest BCUT2D eigenvalue weighted by molar-refractivity contribution is 0.0480. The van der Waals surface area contributed by atoms with Crippen LogP contribution in [0.25, 0.3) is 0 Å². The summed E-state index contributed by atoms with van der Waals surface area (Å²) in [4.78, 5) is 7.33. The second-order valence-corrected chi connectivity index (χ2v) is 10.8. The molecule has 1 unspecified atom stereocenters. The first-order valence-electron chi connectivity index (χ1n) is 12.4. The summed E-state index contributed by atoms with van der Waals surface area (Å²) in [7, 11) is 0. The molecular weight excluding hydrogens is 466 g/mol. The Hall–Kier alpha value is -2.36. The minimum absolute atomic E-state index is 0.0784. The number of pyridine rings is 1. The zero-order valence-corrected chi connectivity index (χ0v) is 21.1. The van der Waals surface area contributed by atoms with Crippen LogP contribution in [-0.4, -0.2) is 63.8 Å². The van der Waals surface area contributed by atoms with Gasteiger partial charge in [0.2, 0.25) is 0 Å². The molecule has 0 bridgehead atoms. The summed E-state index contributed by atoms with van der Waals surface area (Å²) in [5, 5.41) is 7.54. The Balaban J connectivity index is 1.26. The first-order valence-corrected chi connectivity index (χ1v) is 13.1. The molecule has 1 saturated carbocycles. The predicted octanol–water partition coefficient (Wildman–Crippen LogP) is 5.33. The maximum absolute atomic E-state index is 12.9. The highest BCUT2D eigenvalue weighted by Crippen LogP contribution is 2.33. The lowest BCUT2D eigenvalue weighted by atomic mass is 9.90. The van der Waals surface area contributed by atoms with Gasteiger partial charge in [-0.2, -0.15) is 10.2 Å². The van der Waals surface area contributed by atoms with Gasteiger partial charge < -0.3 is 0 Å². The highest BCUT2D eigenvalue weighted by atomic mass is 32.2. The number of anilines is 1. The molecule has 0 N–H and O–H groups in total. The second-order valence-electron chi connectivity index (χ2n) is 9.67. The third kappa shape index (κ3) is 5.73.